The molecule has 0 unspecified atom stereocenters. The molecule has 2 aromatic rings. The molecule has 1 aromatic carbocycles. The molecule has 0 amide bonds. The van der Waals surface area contributed by atoms with Crippen molar-refractivity contribution in [2.45, 2.75) is 13.8 Å². The summed E-state index contributed by atoms with van der Waals surface area (Å²) in [5, 5.41) is 0. The summed E-state index contributed by atoms with van der Waals surface area (Å²) in [4.78, 5) is 0. The summed E-state index contributed by atoms with van der Waals surface area (Å²) in [6.07, 6.45) is -0.228. The molecule has 0 fully saturated rings. The molecule has 0 spiro atoms. The molecular formula is C14H16N+. The molecule has 0 radical (unpaired) electrons. The monoisotopic (exact) mass is 205 g/mol. The molecule has 2 rings (SSSR count). The van der Waals surface area contributed by atoms with Crippen molar-refractivity contribution in [1.29, 1.82) is 0 Å². The first-order valence-electron chi connectivity index (χ1n) is 8.14. The first kappa shape index (κ1) is 4.48. The molecule has 0 saturated heterocycles. The van der Waals surface area contributed by atoms with Crippen molar-refractivity contribution >= 4 is 0 Å². The molecule has 1 heteroatoms. The van der Waals surface area contributed by atoms with E-state index in [0.717, 1.165) is 0 Å². The molecule has 0 saturated carbocycles. The lowest BCUT2D eigenvalue weighted by atomic mass is 10.0. The predicted molar refractivity (Wildman–Crippen MR) is 62.5 cm³/mol. The Balaban J connectivity index is 3.03. The highest BCUT2D eigenvalue weighted by Gasteiger charge is 2.10. The number of rotatable bonds is 1. The molecule has 0 atom stereocenters. The predicted octanol–water partition coefficient (Wildman–Crippen LogP) is 2.79. The number of pyridine rings is 1. The van der Waals surface area contributed by atoms with Crippen LogP contribution in [0.4, 0.5) is 0 Å². The second kappa shape index (κ2) is 3.85. The molecule has 1 heterocycles. The van der Waals surface area contributed by atoms with Gasteiger partial charge in [-0.3, -0.25) is 0 Å². The van der Waals surface area contributed by atoms with Crippen molar-refractivity contribution in [3.05, 3.63) is 53.6 Å². The van der Waals surface area contributed by atoms with Gasteiger partial charge in [0.05, 0.1) is 8.22 Å². The number of benzene rings is 1. The van der Waals surface area contributed by atoms with E-state index < -0.39 is 0 Å². The van der Waals surface area contributed by atoms with Crippen LogP contribution in [0, 0.1) is 13.8 Å². The van der Waals surface area contributed by atoms with Gasteiger partial charge in [0.2, 0.25) is 5.69 Å². The van der Waals surface area contributed by atoms with E-state index >= 15 is 0 Å². The third-order valence-electron chi connectivity index (χ3n) is 2.16. The Morgan fingerprint density at radius 2 is 1.93 bits per heavy atom. The number of aromatic nitrogens is 1. The summed E-state index contributed by atoms with van der Waals surface area (Å²) >= 11 is 0. The van der Waals surface area contributed by atoms with Crippen LogP contribution in [-0.4, -0.2) is 0 Å². The maximum absolute atomic E-state index is 8.23. The van der Waals surface area contributed by atoms with Crippen LogP contribution in [-0.2, 0) is 7.05 Å². The van der Waals surface area contributed by atoms with E-state index in [9.17, 15) is 0 Å². The second-order valence-electron chi connectivity index (χ2n) is 3.39. The fraction of sp³-hybridized carbons (Fsp3) is 0.214. The second-order valence-corrected chi connectivity index (χ2v) is 3.39. The largest absolute Gasteiger partial charge is 0.212 e. The van der Waals surface area contributed by atoms with E-state index in [-0.39, 0.29) is 53.7 Å². The summed E-state index contributed by atoms with van der Waals surface area (Å²) in [6.45, 7) is 3.16. The topological polar surface area (TPSA) is 3.88 Å². The Hall–Kier alpha value is -1.63. The van der Waals surface area contributed by atoms with Gasteiger partial charge in [-0.05, 0) is 31.5 Å². The lowest BCUT2D eigenvalue weighted by Gasteiger charge is -2.04. The molecule has 76 valence electrons. The van der Waals surface area contributed by atoms with Gasteiger partial charge < -0.3 is 0 Å². The van der Waals surface area contributed by atoms with Crippen molar-refractivity contribution in [2.75, 3.05) is 0 Å². The smallest absolute Gasteiger partial charge is 0.201 e. The number of nitrogens with zero attached hydrogens (tertiary/aromatic N) is 1. The lowest BCUT2D eigenvalue weighted by Crippen LogP contribution is -2.30. The minimum Gasteiger partial charge on any atom is -0.201 e. The normalized spacial score (nSPS) is 16.9. The Kier molecular flexibility index (Phi) is 1.15. The van der Waals surface area contributed by atoms with Gasteiger partial charge in [0.15, 0.2) is 6.17 Å². The van der Waals surface area contributed by atoms with Crippen molar-refractivity contribution in [3.8, 4) is 11.3 Å². The van der Waals surface area contributed by atoms with E-state index in [0.29, 0.717) is 11.1 Å². The van der Waals surface area contributed by atoms with Crippen molar-refractivity contribution in [1.82, 2.24) is 0 Å². The zero-order chi connectivity index (χ0) is 16.9. The fourth-order valence-electron chi connectivity index (χ4n) is 1.37. The quantitative estimate of drug-likeness (QED) is 0.630. The van der Waals surface area contributed by atoms with Crippen LogP contribution in [0.5, 0.6) is 0 Å². The summed E-state index contributed by atoms with van der Waals surface area (Å²) in [7, 11) is 1.50. The van der Waals surface area contributed by atoms with Gasteiger partial charge in [-0.25, -0.2) is 4.57 Å². The number of hydrogen-bond acceptors (Lipinski definition) is 0. The first-order chi connectivity index (χ1) is 10.1. The highest BCUT2D eigenvalue weighted by Crippen LogP contribution is 2.20. The maximum Gasteiger partial charge on any atom is 0.212 e. The van der Waals surface area contributed by atoms with E-state index in [1.54, 1.807) is 13.8 Å². The zero-order valence-electron chi connectivity index (χ0n) is 15.9. The van der Waals surface area contributed by atoms with Crippen LogP contribution in [0.25, 0.3) is 11.3 Å². The summed E-state index contributed by atoms with van der Waals surface area (Å²) in [5.74, 6) is 0. The summed E-state index contributed by atoms with van der Waals surface area (Å²) in [6, 6.07) is -1.03. The van der Waals surface area contributed by atoms with Gasteiger partial charge in [-0.15, -0.1) is 0 Å². The Bertz CT molecular complexity index is 673. The van der Waals surface area contributed by atoms with E-state index in [4.69, 9.17) is 9.60 Å². The number of hydrogen-bond donors (Lipinski definition) is 0. The third-order valence-corrected chi connectivity index (χ3v) is 2.16. The van der Waals surface area contributed by atoms with Gasteiger partial charge in [-0.1, -0.05) is 17.6 Å². The zero-order valence-corrected chi connectivity index (χ0v) is 8.95. The van der Waals surface area contributed by atoms with E-state index in [2.05, 4.69) is 0 Å². The maximum atomic E-state index is 8.23. The van der Waals surface area contributed by atoms with Crippen molar-refractivity contribution in [3.63, 3.8) is 0 Å². The minimum atomic E-state index is -0.379. The molecule has 0 aliphatic carbocycles. The van der Waals surface area contributed by atoms with Gasteiger partial charge >= 0.3 is 0 Å². The molecule has 1 nitrogen and oxygen atoms in total. The standard InChI is InChI=1S/C14H16N/c1-11-7-8-12(2)13(10-11)14-6-4-5-9-15(14)3/h4-10H,1-3H3/q+1/i4D,5D,6D,7D,8D,9D,10D. The Morgan fingerprint density at radius 3 is 2.73 bits per heavy atom. The van der Waals surface area contributed by atoms with Crippen LogP contribution in [0.2, 0.25) is 0 Å². The summed E-state index contributed by atoms with van der Waals surface area (Å²) < 4.78 is 56.8. The Morgan fingerprint density at radius 1 is 1.13 bits per heavy atom. The minimum absolute atomic E-state index is 0.0131. The SMILES string of the molecule is [2H]c1c([2H])c([2H])[n+](C)c(-c2c([2H])c(C)c([2H])c([2H])c2C)c1[2H]. The highest BCUT2D eigenvalue weighted by molar-refractivity contribution is 5.61. The van der Waals surface area contributed by atoms with Gasteiger partial charge in [0, 0.05) is 17.6 Å². The third kappa shape index (κ3) is 1.91. The van der Waals surface area contributed by atoms with E-state index in [1.165, 1.54) is 11.6 Å². The first-order valence-corrected chi connectivity index (χ1v) is 4.64. The summed E-state index contributed by atoms with van der Waals surface area (Å²) in [5.41, 5.74) is 1.11. The van der Waals surface area contributed by atoms with Crippen LogP contribution < -0.4 is 4.57 Å². The average molecular weight is 205 g/mol. The van der Waals surface area contributed by atoms with Gasteiger partial charge in [-0.2, -0.15) is 0 Å². The Labute approximate surface area is 101 Å². The molecular weight excluding hydrogens is 182 g/mol. The molecule has 1 aromatic heterocycles. The van der Waals surface area contributed by atoms with Crippen LogP contribution in [0.3, 0.4) is 0 Å². The molecule has 0 bridgehead atoms. The van der Waals surface area contributed by atoms with Crippen molar-refractivity contribution in [2.24, 2.45) is 7.05 Å². The average Bonchev–Trinajstić information content (AvgIpc) is 2.50. The highest BCUT2D eigenvalue weighted by atomic mass is 14.9. The van der Waals surface area contributed by atoms with Crippen LogP contribution in [0.1, 0.15) is 20.7 Å². The fourth-order valence-corrected chi connectivity index (χ4v) is 1.37. The molecule has 15 heavy (non-hydrogen) atoms. The van der Waals surface area contributed by atoms with Crippen molar-refractivity contribution < 1.29 is 14.2 Å². The van der Waals surface area contributed by atoms with Gasteiger partial charge in [0.25, 0.3) is 0 Å². The van der Waals surface area contributed by atoms with E-state index in [1.807, 2.05) is 0 Å². The van der Waals surface area contributed by atoms with Gasteiger partial charge in [0.1, 0.15) is 8.42 Å². The van der Waals surface area contributed by atoms with Crippen LogP contribution in [0.15, 0.2) is 42.4 Å². The molecule has 0 aliphatic heterocycles. The molecule has 0 aliphatic rings. The lowest BCUT2D eigenvalue weighted by molar-refractivity contribution is -0.660. The van der Waals surface area contributed by atoms with Crippen LogP contribution >= 0.6 is 0 Å². The molecule has 0 N–H and O–H groups in total.